The number of phosphoric acid groups is 2. The number of hydrogen-bond donors (Lipinski definition) is 3. The van der Waals surface area contributed by atoms with E-state index in [2.05, 4.69) is 41.5 Å². The molecule has 19 heteroatoms. The van der Waals surface area contributed by atoms with Crippen LogP contribution in [0.2, 0.25) is 0 Å². The Morgan fingerprint density at radius 1 is 0.290 bits per heavy atom. The average molecular weight is 1470 g/mol. The summed E-state index contributed by atoms with van der Waals surface area (Å²) in [4.78, 5) is 73.0. The molecule has 0 radical (unpaired) electrons. The SMILES string of the molecule is CCCCCCCCCCCCCCCCCCCCC(=O)O[C@H](COC(=O)CCCCCCCCCCCCCCCCCCC)COP(=O)(O)OC[C@@H](O)COP(=O)(O)OC[C@@H](COC(=O)CCCCCCCCCCC(C)C)OC(=O)CCCCCCCCCCCCC(C)CC. The Labute approximate surface area is 613 Å². The highest BCUT2D eigenvalue weighted by molar-refractivity contribution is 7.47. The van der Waals surface area contributed by atoms with Gasteiger partial charge in [-0.1, -0.05) is 375 Å². The van der Waals surface area contributed by atoms with E-state index in [1.807, 2.05) is 0 Å². The first-order valence-corrected chi connectivity index (χ1v) is 45.0. The van der Waals surface area contributed by atoms with Crippen molar-refractivity contribution in [2.75, 3.05) is 39.6 Å². The van der Waals surface area contributed by atoms with Gasteiger partial charge in [0.2, 0.25) is 0 Å². The zero-order valence-electron chi connectivity index (χ0n) is 65.5. The molecule has 0 heterocycles. The molecule has 0 saturated carbocycles. The molecule has 0 saturated heterocycles. The Morgan fingerprint density at radius 2 is 0.510 bits per heavy atom. The lowest BCUT2D eigenvalue weighted by Gasteiger charge is -2.21. The smallest absolute Gasteiger partial charge is 0.462 e. The van der Waals surface area contributed by atoms with E-state index in [1.54, 1.807) is 0 Å². The van der Waals surface area contributed by atoms with Crippen LogP contribution in [0.3, 0.4) is 0 Å². The Bertz CT molecular complexity index is 1930. The molecule has 0 aromatic rings. The van der Waals surface area contributed by atoms with Crippen molar-refractivity contribution in [1.82, 2.24) is 0 Å². The monoisotopic (exact) mass is 1470 g/mol. The number of aliphatic hydroxyl groups excluding tert-OH is 1. The molecule has 594 valence electrons. The first-order chi connectivity index (χ1) is 48.4. The molecule has 0 spiro atoms. The lowest BCUT2D eigenvalue weighted by molar-refractivity contribution is -0.161. The topological polar surface area (TPSA) is 237 Å². The van der Waals surface area contributed by atoms with Gasteiger partial charge in [-0.15, -0.1) is 0 Å². The number of carbonyl (C=O) groups is 4. The van der Waals surface area contributed by atoms with Crippen molar-refractivity contribution in [2.45, 2.75) is 445 Å². The first kappa shape index (κ1) is 98.1. The third kappa shape index (κ3) is 73.0. The molecule has 0 amide bonds. The van der Waals surface area contributed by atoms with Crippen LogP contribution in [-0.4, -0.2) is 96.7 Å². The summed E-state index contributed by atoms with van der Waals surface area (Å²) in [5.74, 6) is -0.579. The van der Waals surface area contributed by atoms with Gasteiger partial charge in [0.1, 0.15) is 19.3 Å². The highest BCUT2D eigenvalue weighted by atomic mass is 31.2. The van der Waals surface area contributed by atoms with Crippen LogP contribution in [0.1, 0.15) is 427 Å². The molecular weight excluding hydrogens is 1310 g/mol. The van der Waals surface area contributed by atoms with E-state index < -0.39 is 97.5 Å². The molecule has 6 atom stereocenters. The van der Waals surface area contributed by atoms with Crippen LogP contribution in [0, 0.1) is 11.8 Å². The molecule has 100 heavy (non-hydrogen) atoms. The van der Waals surface area contributed by atoms with Gasteiger partial charge in [-0.25, -0.2) is 9.13 Å². The minimum Gasteiger partial charge on any atom is -0.462 e. The Morgan fingerprint density at radius 3 is 0.760 bits per heavy atom. The summed E-state index contributed by atoms with van der Waals surface area (Å²) in [6.45, 7) is 9.63. The van der Waals surface area contributed by atoms with Crippen molar-refractivity contribution in [3.8, 4) is 0 Å². The van der Waals surface area contributed by atoms with Gasteiger partial charge in [0, 0.05) is 25.7 Å². The van der Waals surface area contributed by atoms with Gasteiger partial charge in [-0.3, -0.25) is 37.3 Å². The van der Waals surface area contributed by atoms with Gasteiger partial charge in [0.15, 0.2) is 12.2 Å². The minimum absolute atomic E-state index is 0.106. The third-order valence-electron chi connectivity index (χ3n) is 19.3. The maximum absolute atomic E-state index is 13.1. The summed E-state index contributed by atoms with van der Waals surface area (Å²) < 4.78 is 68.7. The molecule has 0 aliphatic rings. The second-order valence-electron chi connectivity index (χ2n) is 29.9. The number of aliphatic hydroxyl groups is 1. The molecule has 0 fully saturated rings. The predicted molar refractivity (Wildman–Crippen MR) is 409 cm³/mol. The van der Waals surface area contributed by atoms with Crippen molar-refractivity contribution < 1.29 is 80.2 Å². The summed E-state index contributed by atoms with van der Waals surface area (Å²) in [6, 6.07) is 0. The van der Waals surface area contributed by atoms with E-state index in [1.165, 1.54) is 244 Å². The second-order valence-corrected chi connectivity index (χ2v) is 32.8. The van der Waals surface area contributed by atoms with Gasteiger partial charge in [0.25, 0.3) is 0 Å². The summed E-state index contributed by atoms with van der Waals surface area (Å²) >= 11 is 0. The summed E-state index contributed by atoms with van der Waals surface area (Å²) in [6.07, 6.45) is 62.4. The van der Waals surface area contributed by atoms with Crippen LogP contribution in [0.5, 0.6) is 0 Å². The lowest BCUT2D eigenvalue weighted by Crippen LogP contribution is -2.30. The van der Waals surface area contributed by atoms with Crippen molar-refractivity contribution >= 4 is 39.5 Å². The van der Waals surface area contributed by atoms with Gasteiger partial charge in [-0.05, 0) is 37.5 Å². The molecule has 0 bridgehead atoms. The van der Waals surface area contributed by atoms with Gasteiger partial charge in [-0.2, -0.15) is 0 Å². The third-order valence-corrected chi connectivity index (χ3v) is 21.2. The van der Waals surface area contributed by atoms with E-state index in [4.69, 9.17) is 37.0 Å². The largest absolute Gasteiger partial charge is 0.472 e. The molecule has 0 aliphatic carbocycles. The van der Waals surface area contributed by atoms with E-state index in [0.717, 1.165) is 102 Å². The lowest BCUT2D eigenvalue weighted by atomic mass is 9.99. The number of unbranched alkanes of at least 4 members (excludes halogenated alkanes) is 49. The molecule has 0 aliphatic heterocycles. The van der Waals surface area contributed by atoms with Gasteiger partial charge >= 0.3 is 39.5 Å². The molecule has 0 rings (SSSR count). The standard InChI is InChI=1S/C81H158O17P2/c1-7-10-12-14-16-18-20-22-24-26-28-30-32-34-39-47-53-59-65-80(85)97-76(69-91-78(83)63-57-51-45-38-33-31-29-27-25-23-21-19-17-15-13-11-8-2)71-95-99(87,88)93-67-75(82)68-94-100(89,90)96-72-77(70-92-79(84)64-58-52-46-42-41-43-49-55-61-73(4)5)98-81(86)66-60-54-48-40-36-35-37-44-50-56-62-74(6)9-3/h73-77,82H,7-72H2,1-6H3,(H,87,88)(H,89,90)/t74?,75-,76-,77-/m1/s1. The van der Waals surface area contributed by atoms with Crippen LogP contribution in [0.25, 0.3) is 0 Å². The average Bonchev–Trinajstić information content (AvgIpc) is 0.926. The number of rotatable bonds is 80. The number of carbonyl (C=O) groups excluding carboxylic acids is 4. The van der Waals surface area contributed by atoms with Crippen molar-refractivity contribution in [3.05, 3.63) is 0 Å². The Hall–Kier alpha value is -1.94. The number of esters is 4. The van der Waals surface area contributed by atoms with Gasteiger partial charge < -0.3 is 33.8 Å². The summed E-state index contributed by atoms with van der Waals surface area (Å²) in [5.41, 5.74) is 0. The molecule has 3 N–H and O–H groups in total. The maximum Gasteiger partial charge on any atom is 0.472 e. The zero-order chi connectivity index (χ0) is 73.5. The zero-order valence-corrected chi connectivity index (χ0v) is 67.3. The number of ether oxygens (including phenoxy) is 4. The molecule has 17 nitrogen and oxygen atoms in total. The number of hydrogen-bond acceptors (Lipinski definition) is 15. The fourth-order valence-electron chi connectivity index (χ4n) is 12.5. The van der Waals surface area contributed by atoms with Crippen molar-refractivity contribution in [2.24, 2.45) is 11.8 Å². The molecule has 0 aromatic heterocycles. The highest BCUT2D eigenvalue weighted by Crippen LogP contribution is 2.45. The van der Waals surface area contributed by atoms with Crippen LogP contribution in [0.4, 0.5) is 0 Å². The fourth-order valence-corrected chi connectivity index (χ4v) is 14.1. The quantitative estimate of drug-likeness (QED) is 0.0222. The van der Waals surface area contributed by atoms with Gasteiger partial charge in [0.05, 0.1) is 26.4 Å². The van der Waals surface area contributed by atoms with Crippen molar-refractivity contribution in [3.63, 3.8) is 0 Å². The molecule has 3 unspecified atom stereocenters. The summed E-state index contributed by atoms with van der Waals surface area (Å²) in [5, 5.41) is 10.6. The normalized spacial score (nSPS) is 14.2. The minimum atomic E-state index is -4.96. The maximum atomic E-state index is 13.1. The van der Waals surface area contributed by atoms with Crippen LogP contribution in [0.15, 0.2) is 0 Å². The van der Waals surface area contributed by atoms with Crippen LogP contribution < -0.4 is 0 Å². The second kappa shape index (κ2) is 72.6. The first-order valence-electron chi connectivity index (χ1n) is 42.0. The number of phosphoric ester groups is 2. The molecular formula is C81H158O17P2. The van der Waals surface area contributed by atoms with Crippen LogP contribution in [-0.2, 0) is 65.4 Å². The van der Waals surface area contributed by atoms with E-state index >= 15 is 0 Å². The highest BCUT2D eigenvalue weighted by Gasteiger charge is 2.30. The van der Waals surface area contributed by atoms with E-state index in [9.17, 15) is 43.2 Å². The summed E-state index contributed by atoms with van der Waals surface area (Å²) in [7, 11) is -9.92. The Kier molecular flexibility index (Phi) is 71.2. The van der Waals surface area contributed by atoms with E-state index in [0.29, 0.717) is 25.7 Å². The van der Waals surface area contributed by atoms with E-state index in [-0.39, 0.29) is 25.7 Å². The van der Waals surface area contributed by atoms with Crippen molar-refractivity contribution in [1.29, 1.82) is 0 Å². The fraction of sp³-hybridized carbons (Fsp3) is 0.951. The molecule has 0 aromatic carbocycles. The van der Waals surface area contributed by atoms with Crippen LogP contribution >= 0.6 is 15.6 Å². The Balaban J connectivity index is 5.26. The predicted octanol–water partition coefficient (Wildman–Crippen LogP) is 24.3.